The molecular weight excluding hydrogens is 258 g/mol. The molecule has 0 aliphatic heterocycles. The quantitative estimate of drug-likeness (QED) is 0.509. The predicted molar refractivity (Wildman–Crippen MR) is 73.7 cm³/mol. The SMILES string of the molecule is Cc1ccc(Oc2ccccc2/C(=N/O)C(=O)O)cc1. The van der Waals surface area contributed by atoms with Crippen LogP contribution in [0.25, 0.3) is 0 Å². The Bertz CT molecular complexity index is 647. The topological polar surface area (TPSA) is 79.1 Å². The van der Waals surface area contributed by atoms with E-state index < -0.39 is 11.7 Å². The maximum atomic E-state index is 11.0. The number of carboxylic acid groups (broad SMARTS) is 1. The average molecular weight is 271 g/mol. The number of aliphatic carboxylic acids is 1. The van der Waals surface area contributed by atoms with Crippen LogP contribution < -0.4 is 4.74 Å². The number of hydrogen-bond acceptors (Lipinski definition) is 4. The van der Waals surface area contributed by atoms with Gasteiger partial charge in [-0.1, -0.05) is 35.0 Å². The van der Waals surface area contributed by atoms with Gasteiger partial charge in [0, 0.05) is 0 Å². The lowest BCUT2D eigenvalue weighted by Crippen LogP contribution is -2.15. The summed E-state index contributed by atoms with van der Waals surface area (Å²) in [6.07, 6.45) is 0. The molecule has 2 aromatic rings. The Hall–Kier alpha value is -2.82. The number of carbonyl (C=O) groups is 1. The molecule has 0 aliphatic rings. The van der Waals surface area contributed by atoms with Gasteiger partial charge in [-0.3, -0.25) is 0 Å². The lowest BCUT2D eigenvalue weighted by molar-refractivity contribution is -0.129. The molecule has 5 nitrogen and oxygen atoms in total. The summed E-state index contributed by atoms with van der Waals surface area (Å²) in [6.45, 7) is 1.96. The first-order valence-electron chi connectivity index (χ1n) is 5.91. The van der Waals surface area contributed by atoms with Crippen LogP contribution in [0, 0.1) is 6.92 Å². The summed E-state index contributed by atoms with van der Waals surface area (Å²) in [6, 6.07) is 13.8. The molecule has 0 fully saturated rings. The van der Waals surface area contributed by atoms with Gasteiger partial charge in [0.1, 0.15) is 11.5 Å². The highest BCUT2D eigenvalue weighted by atomic mass is 16.5. The van der Waals surface area contributed by atoms with Gasteiger partial charge in [0.2, 0.25) is 0 Å². The van der Waals surface area contributed by atoms with Gasteiger partial charge in [-0.25, -0.2) is 4.79 Å². The van der Waals surface area contributed by atoms with E-state index >= 15 is 0 Å². The van der Waals surface area contributed by atoms with E-state index in [0.717, 1.165) is 5.56 Å². The normalized spacial score (nSPS) is 11.2. The summed E-state index contributed by atoms with van der Waals surface area (Å²) < 4.78 is 5.64. The van der Waals surface area contributed by atoms with E-state index in [2.05, 4.69) is 5.16 Å². The van der Waals surface area contributed by atoms with Crippen LogP contribution in [-0.4, -0.2) is 22.0 Å². The Kier molecular flexibility index (Phi) is 4.00. The molecule has 0 amide bonds. The number of ether oxygens (including phenoxy) is 1. The van der Waals surface area contributed by atoms with E-state index in [1.54, 1.807) is 30.3 Å². The summed E-state index contributed by atoms with van der Waals surface area (Å²) in [7, 11) is 0. The highest BCUT2D eigenvalue weighted by molar-refractivity contribution is 6.43. The van der Waals surface area contributed by atoms with E-state index in [1.807, 2.05) is 19.1 Å². The zero-order valence-corrected chi connectivity index (χ0v) is 10.8. The lowest BCUT2D eigenvalue weighted by Gasteiger charge is -2.10. The lowest BCUT2D eigenvalue weighted by atomic mass is 10.1. The number of oxime groups is 1. The van der Waals surface area contributed by atoms with Crippen molar-refractivity contribution < 1.29 is 19.8 Å². The third-order valence-corrected chi connectivity index (χ3v) is 2.69. The van der Waals surface area contributed by atoms with Crippen LogP contribution in [0.3, 0.4) is 0 Å². The Balaban J connectivity index is 2.37. The largest absolute Gasteiger partial charge is 0.476 e. The first-order chi connectivity index (χ1) is 9.61. The molecule has 0 bridgehead atoms. The van der Waals surface area contributed by atoms with Crippen LogP contribution in [-0.2, 0) is 4.79 Å². The van der Waals surface area contributed by atoms with Gasteiger partial charge < -0.3 is 15.1 Å². The van der Waals surface area contributed by atoms with Gasteiger partial charge in [-0.2, -0.15) is 0 Å². The molecule has 0 radical (unpaired) electrons. The predicted octanol–water partition coefficient (Wildman–Crippen LogP) is 3.05. The number of nitrogens with zero attached hydrogens (tertiary/aromatic N) is 1. The van der Waals surface area contributed by atoms with E-state index in [-0.39, 0.29) is 5.56 Å². The van der Waals surface area contributed by atoms with E-state index in [0.29, 0.717) is 11.5 Å². The summed E-state index contributed by atoms with van der Waals surface area (Å²) in [5.41, 5.74) is 0.838. The standard InChI is InChI=1S/C15H13NO4/c1-10-6-8-11(9-7-10)20-13-5-3-2-4-12(13)14(16-19)15(17)18/h2-9,19H,1H3,(H,17,18)/b16-14-. The molecule has 0 saturated carbocycles. The Labute approximate surface area is 115 Å². The molecule has 0 atom stereocenters. The van der Waals surface area contributed by atoms with Gasteiger partial charge in [-0.05, 0) is 31.2 Å². The Morgan fingerprint density at radius 2 is 1.75 bits per heavy atom. The highest BCUT2D eigenvalue weighted by Gasteiger charge is 2.18. The van der Waals surface area contributed by atoms with Gasteiger partial charge in [-0.15, -0.1) is 0 Å². The van der Waals surface area contributed by atoms with Crippen molar-refractivity contribution in [2.45, 2.75) is 6.92 Å². The van der Waals surface area contributed by atoms with Crippen molar-refractivity contribution in [3.8, 4) is 11.5 Å². The van der Waals surface area contributed by atoms with Crippen LogP contribution in [0.1, 0.15) is 11.1 Å². The fourth-order valence-electron chi connectivity index (χ4n) is 1.70. The molecule has 5 heteroatoms. The molecule has 0 aromatic heterocycles. The molecule has 0 saturated heterocycles. The maximum absolute atomic E-state index is 11.0. The van der Waals surface area contributed by atoms with Gasteiger partial charge in [0.15, 0.2) is 5.71 Å². The molecule has 0 aliphatic carbocycles. The minimum absolute atomic E-state index is 0.211. The minimum atomic E-state index is -1.33. The van der Waals surface area contributed by atoms with Gasteiger partial charge in [0.25, 0.3) is 0 Å². The second kappa shape index (κ2) is 5.88. The summed E-state index contributed by atoms with van der Waals surface area (Å²) in [5, 5.41) is 20.6. The van der Waals surface area contributed by atoms with Crippen LogP contribution in [0.15, 0.2) is 53.7 Å². The van der Waals surface area contributed by atoms with E-state index in [1.165, 1.54) is 6.07 Å². The fraction of sp³-hybridized carbons (Fsp3) is 0.0667. The van der Waals surface area contributed by atoms with E-state index in [4.69, 9.17) is 15.1 Å². The molecule has 2 N–H and O–H groups in total. The number of benzene rings is 2. The van der Waals surface area contributed by atoms with Crippen molar-refractivity contribution in [1.29, 1.82) is 0 Å². The number of para-hydroxylation sites is 1. The van der Waals surface area contributed by atoms with Crippen LogP contribution in [0.5, 0.6) is 11.5 Å². The molecule has 2 aromatic carbocycles. The molecule has 2 rings (SSSR count). The summed E-state index contributed by atoms with van der Waals surface area (Å²) in [4.78, 5) is 11.0. The summed E-state index contributed by atoms with van der Waals surface area (Å²) >= 11 is 0. The fourth-order valence-corrected chi connectivity index (χ4v) is 1.70. The number of rotatable bonds is 4. The van der Waals surface area contributed by atoms with Crippen molar-refractivity contribution in [1.82, 2.24) is 0 Å². The van der Waals surface area contributed by atoms with Crippen LogP contribution in [0.4, 0.5) is 0 Å². The second-order valence-corrected chi connectivity index (χ2v) is 4.17. The average Bonchev–Trinajstić information content (AvgIpc) is 2.43. The molecule has 0 unspecified atom stereocenters. The monoisotopic (exact) mass is 271 g/mol. The van der Waals surface area contributed by atoms with Crippen molar-refractivity contribution in [2.75, 3.05) is 0 Å². The van der Waals surface area contributed by atoms with Crippen molar-refractivity contribution in [3.05, 3.63) is 59.7 Å². The van der Waals surface area contributed by atoms with Gasteiger partial charge in [0.05, 0.1) is 5.56 Å². The molecule has 102 valence electrons. The second-order valence-electron chi connectivity index (χ2n) is 4.17. The molecule has 20 heavy (non-hydrogen) atoms. The first kappa shape index (κ1) is 13.6. The van der Waals surface area contributed by atoms with Crippen molar-refractivity contribution in [3.63, 3.8) is 0 Å². The van der Waals surface area contributed by atoms with Crippen molar-refractivity contribution >= 4 is 11.7 Å². The van der Waals surface area contributed by atoms with Crippen LogP contribution >= 0.6 is 0 Å². The Morgan fingerprint density at radius 1 is 1.10 bits per heavy atom. The minimum Gasteiger partial charge on any atom is -0.476 e. The van der Waals surface area contributed by atoms with Gasteiger partial charge >= 0.3 is 5.97 Å². The number of carboxylic acids is 1. The van der Waals surface area contributed by atoms with Crippen LogP contribution in [0.2, 0.25) is 0 Å². The summed E-state index contributed by atoms with van der Waals surface area (Å²) in [5.74, 6) is -0.440. The molecular formula is C15H13NO4. The molecule has 0 heterocycles. The van der Waals surface area contributed by atoms with E-state index in [9.17, 15) is 4.79 Å². The third-order valence-electron chi connectivity index (χ3n) is 2.69. The smallest absolute Gasteiger partial charge is 0.358 e. The molecule has 0 spiro atoms. The third kappa shape index (κ3) is 2.95. The maximum Gasteiger partial charge on any atom is 0.358 e. The highest BCUT2D eigenvalue weighted by Crippen LogP contribution is 2.26. The number of hydrogen-bond donors (Lipinski definition) is 2. The zero-order chi connectivity index (χ0) is 14.5. The Morgan fingerprint density at radius 3 is 2.35 bits per heavy atom. The first-order valence-corrected chi connectivity index (χ1v) is 5.91. The number of aryl methyl sites for hydroxylation is 1. The zero-order valence-electron chi connectivity index (χ0n) is 10.8. The van der Waals surface area contributed by atoms with Crippen molar-refractivity contribution in [2.24, 2.45) is 5.16 Å².